The lowest BCUT2D eigenvalue weighted by molar-refractivity contribution is 0.171. The first-order chi connectivity index (χ1) is 7.29. The van der Waals surface area contributed by atoms with Gasteiger partial charge in [0.15, 0.2) is 0 Å². The molecule has 2 unspecified atom stereocenters. The van der Waals surface area contributed by atoms with Gasteiger partial charge in [-0.15, -0.1) is 0 Å². The third-order valence-electron chi connectivity index (χ3n) is 3.72. The predicted octanol–water partition coefficient (Wildman–Crippen LogP) is 1.14. The van der Waals surface area contributed by atoms with Gasteiger partial charge < -0.3 is 15.4 Å². The number of ether oxygens (including phenoxy) is 1. The molecule has 2 heterocycles. The third-order valence-corrected chi connectivity index (χ3v) is 3.72. The van der Waals surface area contributed by atoms with Gasteiger partial charge in [0.1, 0.15) is 0 Å². The lowest BCUT2D eigenvalue weighted by atomic mass is 10.00. The van der Waals surface area contributed by atoms with Crippen LogP contribution in [-0.2, 0) is 4.74 Å². The molecule has 0 aliphatic carbocycles. The van der Waals surface area contributed by atoms with Crippen LogP contribution in [0.1, 0.15) is 32.6 Å². The highest BCUT2D eigenvalue weighted by molar-refractivity contribution is 4.86. The molecule has 0 bridgehead atoms. The maximum atomic E-state index is 5.42. The Morgan fingerprint density at radius 2 is 2.47 bits per heavy atom. The standard InChI is InChI=1S/C12H24N2O/c1-12(5-8-15-10-12)14-6-2-3-11-4-7-13-9-11/h11,13-14H,2-10H2,1H3. The smallest absolute Gasteiger partial charge is 0.0646 e. The van der Waals surface area contributed by atoms with E-state index in [4.69, 9.17) is 4.74 Å². The molecule has 0 aromatic heterocycles. The predicted molar refractivity (Wildman–Crippen MR) is 62.1 cm³/mol. The Morgan fingerprint density at radius 1 is 1.53 bits per heavy atom. The van der Waals surface area contributed by atoms with Crippen LogP contribution in [0.15, 0.2) is 0 Å². The summed E-state index contributed by atoms with van der Waals surface area (Å²) in [5.74, 6) is 0.930. The zero-order valence-electron chi connectivity index (χ0n) is 9.85. The summed E-state index contributed by atoms with van der Waals surface area (Å²) in [7, 11) is 0. The summed E-state index contributed by atoms with van der Waals surface area (Å²) in [5.41, 5.74) is 0.258. The van der Waals surface area contributed by atoms with Gasteiger partial charge in [0.25, 0.3) is 0 Å². The van der Waals surface area contributed by atoms with Gasteiger partial charge in [-0.2, -0.15) is 0 Å². The van der Waals surface area contributed by atoms with Crippen molar-refractivity contribution >= 4 is 0 Å². The van der Waals surface area contributed by atoms with E-state index in [0.717, 1.165) is 32.1 Å². The molecule has 0 saturated carbocycles. The van der Waals surface area contributed by atoms with Crippen molar-refractivity contribution in [3.63, 3.8) is 0 Å². The van der Waals surface area contributed by atoms with Crippen molar-refractivity contribution in [1.82, 2.24) is 10.6 Å². The summed E-state index contributed by atoms with van der Waals surface area (Å²) in [6, 6.07) is 0. The van der Waals surface area contributed by atoms with Gasteiger partial charge in [-0.1, -0.05) is 0 Å². The second kappa shape index (κ2) is 5.28. The Morgan fingerprint density at radius 3 is 3.13 bits per heavy atom. The van der Waals surface area contributed by atoms with E-state index in [1.165, 1.54) is 32.4 Å². The fourth-order valence-electron chi connectivity index (χ4n) is 2.55. The minimum Gasteiger partial charge on any atom is -0.379 e. The largest absolute Gasteiger partial charge is 0.379 e. The van der Waals surface area contributed by atoms with E-state index in [9.17, 15) is 0 Å². The molecule has 3 nitrogen and oxygen atoms in total. The Kier molecular flexibility index (Phi) is 4.00. The number of nitrogens with one attached hydrogen (secondary N) is 2. The van der Waals surface area contributed by atoms with Crippen LogP contribution in [0.3, 0.4) is 0 Å². The molecule has 2 fully saturated rings. The van der Waals surface area contributed by atoms with Crippen LogP contribution in [0, 0.1) is 5.92 Å². The minimum absolute atomic E-state index is 0.258. The Labute approximate surface area is 93.0 Å². The molecular formula is C12H24N2O. The van der Waals surface area contributed by atoms with Crippen LogP contribution < -0.4 is 10.6 Å². The quantitative estimate of drug-likeness (QED) is 0.671. The molecule has 0 radical (unpaired) electrons. The van der Waals surface area contributed by atoms with Gasteiger partial charge in [-0.25, -0.2) is 0 Å². The average molecular weight is 212 g/mol. The molecule has 2 atom stereocenters. The van der Waals surface area contributed by atoms with Crippen molar-refractivity contribution in [3.8, 4) is 0 Å². The highest BCUT2D eigenvalue weighted by atomic mass is 16.5. The van der Waals surface area contributed by atoms with Crippen LogP contribution in [0.4, 0.5) is 0 Å². The van der Waals surface area contributed by atoms with Gasteiger partial charge in [-0.05, 0) is 58.2 Å². The molecule has 0 aromatic rings. The number of hydrogen-bond acceptors (Lipinski definition) is 3. The van der Waals surface area contributed by atoms with Gasteiger partial charge >= 0.3 is 0 Å². The summed E-state index contributed by atoms with van der Waals surface area (Å²) in [6.07, 6.45) is 5.22. The van der Waals surface area contributed by atoms with Crippen molar-refractivity contribution in [2.75, 3.05) is 32.8 Å². The van der Waals surface area contributed by atoms with Crippen molar-refractivity contribution < 1.29 is 4.74 Å². The van der Waals surface area contributed by atoms with Gasteiger partial charge in [-0.3, -0.25) is 0 Å². The first kappa shape index (κ1) is 11.4. The van der Waals surface area contributed by atoms with Crippen LogP contribution >= 0.6 is 0 Å². The monoisotopic (exact) mass is 212 g/mol. The zero-order valence-corrected chi connectivity index (χ0v) is 9.85. The molecule has 88 valence electrons. The minimum atomic E-state index is 0.258. The van der Waals surface area contributed by atoms with Gasteiger partial charge in [0, 0.05) is 12.1 Å². The second-order valence-corrected chi connectivity index (χ2v) is 5.29. The topological polar surface area (TPSA) is 33.3 Å². The molecular weight excluding hydrogens is 188 g/mol. The lowest BCUT2D eigenvalue weighted by Gasteiger charge is -2.23. The van der Waals surface area contributed by atoms with E-state index in [1.807, 2.05) is 0 Å². The molecule has 0 amide bonds. The van der Waals surface area contributed by atoms with Crippen molar-refractivity contribution in [2.24, 2.45) is 5.92 Å². The molecule has 0 aromatic carbocycles. The summed E-state index contributed by atoms with van der Waals surface area (Å²) in [4.78, 5) is 0. The highest BCUT2D eigenvalue weighted by Gasteiger charge is 2.28. The van der Waals surface area contributed by atoms with E-state index >= 15 is 0 Å². The fourth-order valence-corrected chi connectivity index (χ4v) is 2.55. The van der Waals surface area contributed by atoms with E-state index in [2.05, 4.69) is 17.6 Å². The first-order valence-electron chi connectivity index (χ1n) is 6.32. The molecule has 2 saturated heterocycles. The maximum Gasteiger partial charge on any atom is 0.0646 e. The number of hydrogen-bond donors (Lipinski definition) is 2. The van der Waals surface area contributed by atoms with E-state index in [1.54, 1.807) is 0 Å². The van der Waals surface area contributed by atoms with E-state index < -0.39 is 0 Å². The van der Waals surface area contributed by atoms with E-state index in [-0.39, 0.29) is 5.54 Å². The average Bonchev–Trinajstić information content (AvgIpc) is 2.84. The summed E-state index contributed by atoms with van der Waals surface area (Å²) in [6.45, 7) is 7.70. The first-order valence-corrected chi connectivity index (χ1v) is 6.32. The molecule has 3 heteroatoms. The van der Waals surface area contributed by atoms with Crippen LogP contribution in [0.2, 0.25) is 0 Å². The van der Waals surface area contributed by atoms with Crippen molar-refractivity contribution in [3.05, 3.63) is 0 Å². The molecule has 0 spiro atoms. The molecule has 2 aliphatic heterocycles. The number of rotatable bonds is 5. The fraction of sp³-hybridized carbons (Fsp3) is 1.00. The Bertz CT molecular complexity index is 184. The SMILES string of the molecule is CC1(NCCCC2CCNC2)CCOC1. The molecule has 2 N–H and O–H groups in total. The summed E-state index contributed by atoms with van der Waals surface area (Å²) < 4.78 is 5.42. The molecule has 15 heavy (non-hydrogen) atoms. The third kappa shape index (κ3) is 3.44. The van der Waals surface area contributed by atoms with Gasteiger partial charge in [0.05, 0.1) is 6.61 Å². The summed E-state index contributed by atoms with van der Waals surface area (Å²) in [5, 5.41) is 7.06. The van der Waals surface area contributed by atoms with Crippen molar-refractivity contribution in [1.29, 1.82) is 0 Å². The van der Waals surface area contributed by atoms with Crippen LogP contribution in [0.25, 0.3) is 0 Å². The normalized spacial score (nSPS) is 36.2. The lowest BCUT2D eigenvalue weighted by Crippen LogP contribution is -2.43. The van der Waals surface area contributed by atoms with E-state index in [0.29, 0.717) is 0 Å². The Balaban J connectivity index is 1.54. The maximum absolute atomic E-state index is 5.42. The highest BCUT2D eigenvalue weighted by Crippen LogP contribution is 2.18. The Hall–Kier alpha value is -0.120. The molecule has 2 rings (SSSR count). The second-order valence-electron chi connectivity index (χ2n) is 5.29. The van der Waals surface area contributed by atoms with Crippen LogP contribution in [0.5, 0.6) is 0 Å². The molecule has 2 aliphatic rings. The zero-order chi connectivity index (χ0) is 10.6. The van der Waals surface area contributed by atoms with Crippen molar-refractivity contribution in [2.45, 2.75) is 38.1 Å². The summed E-state index contributed by atoms with van der Waals surface area (Å²) >= 11 is 0. The van der Waals surface area contributed by atoms with Crippen LogP contribution in [-0.4, -0.2) is 38.4 Å². The van der Waals surface area contributed by atoms with Gasteiger partial charge in [0.2, 0.25) is 0 Å².